The Labute approximate surface area is 206 Å². The highest BCUT2D eigenvalue weighted by Gasteiger charge is 2.19. The standard InChI is InChI=1S/C19H20Br2N6O4S/c1-2-7-26-32(28,29)27-17-16(13-3-5-14(20)6-4-13)18(25-12-24-17)30-8-9-31-19-22-10-15(21)11-23-19/h3-6,10-12,26H,2,7-9H2,1H3,(H,24,25,27)/i8D2,12D. The molecule has 13 heteroatoms. The van der Waals surface area contributed by atoms with Gasteiger partial charge in [0.1, 0.15) is 20.8 Å². The Morgan fingerprint density at radius 3 is 2.47 bits per heavy atom. The van der Waals surface area contributed by atoms with Gasteiger partial charge in [-0.2, -0.15) is 13.1 Å². The molecule has 170 valence electrons. The second-order valence-corrected chi connectivity index (χ2v) is 9.41. The lowest BCUT2D eigenvalue weighted by atomic mass is 10.1. The molecule has 0 bridgehead atoms. The van der Waals surface area contributed by atoms with Gasteiger partial charge in [-0.1, -0.05) is 35.0 Å². The molecule has 0 aliphatic carbocycles. The molecule has 0 atom stereocenters. The molecule has 0 saturated heterocycles. The SMILES string of the molecule is [2H]c1nc(NS(=O)(=O)NCCC)c(-c2ccc(Br)cc2)c(OC([2H])([2H])COc2ncc(Br)cn2)n1. The van der Waals surface area contributed by atoms with Crippen LogP contribution in [-0.4, -0.2) is 48.1 Å². The normalized spacial score (nSPS) is 13.0. The number of aromatic nitrogens is 4. The summed E-state index contributed by atoms with van der Waals surface area (Å²) in [5, 5.41) is 0. The average Bonchev–Trinajstić information content (AvgIpc) is 2.78. The van der Waals surface area contributed by atoms with Crippen LogP contribution in [0.15, 0.2) is 51.9 Å². The predicted molar refractivity (Wildman–Crippen MR) is 127 cm³/mol. The zero-order valence-electron chi connectivity index (χ0n) is 19.7. The van der Waals surface area contributed by atoms with E-state index in [0.29, 0.717) is 16.5 Å². The number of anilines is 1. The first kappa shape index (κ1) is 20.3. The molecular weight excluding hydrogens is 568 g/mol. The number of hydrogen-bond donors (Lipinski definition) is 2. The van der Waals surface area contributed by atoms with Crippen LogP contribution in [0.4, 0.5) is 5.82 Å². The molecule has 32 heavy (non-hydrogen) atoms. The maximum Gasteiger partial charge on any atom is 0.316 e. The van der Waals surface area contributed by atoms with Gasteiger partial charge in [0.05, 0.1) is 12.8 Å². The van der Waals surface area contributed by atoms with Crippen molar-refractivity contribution in [3.63, 3.8) is 0 Å². The van der Waals surface area contributed by atoms with Crippen molar-refractivity contribution >= 4 is 47.9 Å². The van der Waals surface area contributed by atoms with Gasteiger partial charge in [-0.3, -0.25) is 4.72 Å². The topological polar surface area (TPSA) is 128 Å². The molecule has 2 aromatic heterocycles. The number of nitrogens with one attached hydrogen (secondary N) is 2. The quantitative estimate of drug-likeness (QED) is 0.347. The van der Waals surface area contributed by atoms with Crippen LogP contribution < -0.4 is 18.9 Å². The van der Waals surface area contributed by atoms with Crippen LogP contribution in [0.5, 0.6) is 11.9 Å². The molecule has 2 N–H and O–H groups in total. The first-order chi connectivity index (χ1) is 16.5. The molecule has 0 saturated carbocycles. The minimum atomic E-state index is -4.04. The minimum Gasteiger partial charge on any atom is -0.473 e. The van der Waals surface area contributed by atoms with Crippen molar-refractivity contribution in [2.45, 2.75) is 13.3 Å². The smallest absolute Gasteiger partial charge is 0.316 e. The summed E-state index contributed by atoms with van der Waals surface area (Å²) in [4.78, 5) is 15.6. The van der Waals surface area contributed by atoms with Crippen LogP contribution in [-0.2, 0) is 10.2 Å². The largest absolute Gasteiger partial charge is 0.473 e. The number of nitrogens with zero attached hydrogens (tertiary/aromatic N) is 4. The van der Waals surface area contributed by atoms with Crippen molar-refractivity contribution in [2.75, 3.05) is 24.4 Å². The predicted octanol–water partition coefficient (Wildman–Crippen LogP) is 3.57. The summed E-state index contributed by atoms with van der Waals surface area (Å²) in [7, 11) is -4.04. The third-order valence-electron chi connectivity index (χ3n) is 3.70. The molecule has 3 rings (SSSR count). The highest BCUT2D eigenvalue weighted by atomic mass is 79.9. The van der Waals surface area contributed by atoms with Crippen LogP contribution in [0.3, 0.4) is 0 Å². The first-order valence-corrected chi connectivity index (χ1v) is 12.3. The Morgan fingerprint density at radius 2 is 1.78 bits per heavy atom. The average molecular weight is 591 g/mol. The third kappa shape index (κ3) is 7.08. The van der Waals surface area contributed by atoms with Gasteiger partial charge in [0.25, 0.3) is 10.2 Å². The molecule has 10 nitrogen and oxygen atoms in total. The molecule has 0 radical (unpaired) electrons. The summed E-state index contributed by atoms with van der Waals surface area (Å²) in [6, 6.07) is 6.60. The van der Waals surface area contributed by atoms with E-state index in [-0.39, 0.29) is 29.8 Å². The van der Waals surface area contributed by atoms with Gasteiger partial charge in [0.15, 0.2) is 5.82 Å². The summed E-state index contributed by atoms with van der Waals surface area (Å²) in [6.07, 6.45) is 2.85. The van der Waals surface area contributed by atoms with Gasteiger partial charge in [-0.25, -0.2) is 19.9 Å². The van der Waals surface area contributed by atoms with Gasteiger partial charge < -0.3 is 9.47 Å². The number of benzene rings is 1. The molecule has 0 aliphatic heterocycles. The molecular formula is C19H20Br2N6O4S. The Morgan fingerprint density at radius 1 is 1.06 bits per heavy atom. The lowest BCUT2D eigenvalue weighted by molar-refractivity contribution is 0.202. The maximum atomic E-state index is 12.5. The number of ether oxygens (including phenoxy) is 2. The third-order valence-corrected chi connectivity index (χ3v) is 5.68. The minimum absolute atomic E-state index is 0.0409. The van der Waals surface area contributed by atoms with Crippen LogP contribution in [0.25, 0.3) is 11.1 Å². The van der Waals surface area contributed by atoms with Crippen LogP contribution in [0.1, 0.15) is 17.5 Å². The lowest BCUT2D eigenvalue weighted by Crippen LogP contribution is -2.31. The molecule has 0 unspecified atom stereocenters. The first-order valence-electron chi connectivity index (χ1n) is 10.7. The molecule has 0 aliphatic rings. The van der Waals surface area contributed by atoms with E-state index in [1.165, 1.54) is 12.4 Å². The van der Waals surface area contributed by atoms with Crippen molar-refractivity contribution in [2.24, 2.45) is 0 Å². The fourth-order valence-corrected chi connectivity index (χ4v) is 3.74. The van der Waals surface area contributed by atoms with Crippen molar-refractivity contribution in [3.05, 3.63) is 51.9 Å². The van der Waals surface area contributed by atoms with E-state index >= 15 is 0 Å². The second kappa shape index (κ2) is 11.5. The van der Waals surface area contributed by atoms with Crippen LogP contribution in [0.2, 0.25) is 0 Å². The molecule has 1 aromatic carbocycles. The summed E-state index contributed by atoms with van der Waals surface area (Å²) < 4.78 is 66.2. The fourth-order valence-electron chi connectivity index (χ4n) is 2.32. The van der Waals surface area contributed by atoms with E-state index in [0.717, 1.165) is 4.47 Å². The Balaban J connectivity index is 1.98. The number of rotatable bonds is 11. The van der Waals surface area contributed by atoms with Gasteiger partial charge >= 0.3 is 6.01 Å². The van der Waals surface area contributed by atoms with Crippen LogP contribution >= 0.6 is 31.9 Å². The summed E-state index contributed by atoms with van der Waals surface area (Å²) in [6.45, 7) is -1.09. The van der Waals surface area contributed by atoms with Gasteiger partial charge in [0.2, 0.25) is 5.88 Å². The van der Waals surface area contributed by atoms with Crippen molar-refractivity contribution < 1.29 is 22.0 Å². The van der Waals surface area contributed by atoms with E-state index in [4.69, 9.17) is 13.6 Å². The van der Waals surface area contributed by atoms with Crippen molar-refractivity contribution in [1.82, 2.24) is 24.7 Å². The van der Waals surface area contributed by atoms with E-state index in [1.54, 1.807) is 31.2 Å². The van der Waals surface area contributed by atoms with Gasteiger partial charge in [0, 0.05) is 23.4 Å². The van der Waals surface area contributed by atoms with E-state index in [9.17, 15) is 8.42 Å². The molecule has 3 aromatic rings. The molecule has 0 amide bonds. The Bertz CT molecular complexity index is 1270. The summed E-state index contributed by atoms with van der Waals surface area (Å²) in [5.74, 6) is -0.607. The number of halogens is 2. The highest BCUT2D eigenvalue weighted by Crippen LogP contribution is 2.34. The molecule has 0 fully saturated rings. The maximum absolute atomic E-state index is 12.5. The van der Waals surface area contributed by atoms with Gasteiger partial charge in [-0.05, 0) is 40.0 Å². The van der Waals surface area contributed by atoms with Crippen LogP contribution in [0, 0.1) is 0 Å². The Kier molecular flexibility index (Phi) is 7.28. The Hall–Kier alpha value is -2.35. The molecule has 2 heterocycles. The second-order valence-electron chi connectivity index (χ2n) is 6.08. The van der Waals surface area contributed by atoms with E-state index < -0.39 is 29.7 Å². The summed E-state index contributed by atoms with van der Waals surface area (Å²) in [5.41, 5.74) is 0.462. The lowest BCUT2D eigenvalue weighted by Gasteiger charge is -2.15. The fraction of sp³-hybridized carbons (Fsp3) is 0.263. The van der Waals surface area contributed by atoms with E-state index in [1.807, 2.05) is 0 Å². The highest BCUT2D eigenvalue weighted by molar-refractivity contribution is 9.10. The number of hydrogen-bond acceptors (Lipinski definition) is 8. The van der Waals surface area contributed by atoms with Crippen molar-refractivity contribution in [3.8, 4) is 23.0 Å². The summed E-state index contributed by atoms with van der Waals surface area (Å²) >= 11 is 6.53. The zero-order valence-corrected chi connectivity index (χ0v) is 20.7. The van der Waals surface area contributed by atoms with Crippen molar-refractivity contribution in [1.29, 1.82) is 0 Å². The van der Waals surface area contributed by atoms with Gasteiger partial charge in [-0.15, -0.1) is 0 Å². The zero-order chi connectivity index (χ0) is 25.6. The monoisotopic (exact) mass is 589 g/mol. The van der Waals surface area contributed by atoms with E-state index in [2.05, 4.69) is 61.2 Å². The molecule has 0 spiro atoms.